The maximum absolute atomic E-state index is 11.9. The number of hydrogen-bond acceptors (Lipinski definition) is 2. The zero-order valence-corrected chi connectivity index (χ0v) is 11.8. The molecule has 1 aromatic carbocycles. The number of carbonyl (C=O) groups is 1. The van der Waals surface area contributed by atoms with Crippen LogP contribution in [0.4, 0.5) is 5.69 Å². The second-order valence-electron chi connectivity index (χ2n) is 3.85. The lowest BCUT2D eigenvalue weighted by atomic mass is 10.2. The van der Waals surface area contributed by atoms with E-state index in [1.165, 1.54) is 0 Å². The van der Waals surface area contributed by atoms with Gasteiger partial charge in [0.1, 0.15) is 5.75 Å². The monoisotopic (exact) mass is 317 g/mol. The number of amides is 1. The molecule has 1 aromatic rings. The normalized spacial score (nSPS) is 19.8. The van der Waals surface area contributed by atoms with Crippen molar-refractivity contribution in [2.75, 3.05) is 18.1 Å². The molecule has 1 amide bonds. The molecule has 0 radical (unpaired) electrons. The molecule has 1 unspecified atom stereocenters. The van der Waals surface area contributed by atoms with Crippen LogP contribution in [0.2, 0.25) is 5.02 Å². The molecular weight excluding hydrogens is 305 g/mol. The van der Waals surface area contributed by atoms with Crippen LogP contribution in [0.25, 0.3) is 0 Å². The van der Waals surface area contributed by atoms with Crippen molar-refractivity contribution in [1.82, 2.24) is 0 Å². The summed E-state index contributed by atoms with van der Waals surface area (Å²) in [6, 6.07) is 5.34. The fourth-order valence-corrected chi connectivity index (χ4v) is 2.61. The van der Waals surface area contributed by atoms with Gasteiger partial charge in [-0.3, -0.25) is 4.79 Å². The van der Waals surface area contributed by atoms with Crippen molar-refractivity contribution in [3.8, 4) is 5.75 Å². The average molecular weight is 319 g/mol. The van der Waals surface area contributed by atoms with Crippen LogP contribution in [0, 0.1) is 0 Å². The van der Waals surface area contributed by atoms with Crippen LogP contribution >= 0.6 is 27.5 Å². The third-order valence-electron chi connectivity index (χ3n) is 2.59. The molecule has 0 aromatic heterocycles. The molecule has 17 heavy (non-hydrogen) atoms. The first-order chi connectivity index (χ1) is 8.11. The first kappa shape index (κ1) is 12.7. The van der Waals surface area contributed by atoms with Gasteiger partial charge in [-0.25, -0.2) is 0 Å². The lowest BCUT2D eigenvalue weighted by Gasteiger charge is -2.20. The highest BCUT2D eigenvalue weighted by molar-refractivity contribution is 9.09. The number of nitrogens with zero attached hydrogens (tertiary/aromatic N) is 1. The van der Waals surface area contributed by atoms with Crippen LogP contribution < -0.4 is 9.64 Å². The summed E-state index contributed by atoms with van der Waals surface area (Å²) in [6.45, 7) is 3.13. The number of anilines is 1. The van der Waals surface area contributed by atoms with Crippen LogP contribution in [0.1, 0.15) is 13.3 Å². The first-order valence-electron chi connectivity index (χ1n) is 5.48. The fraction of sp³-hybridized carbons (Fsp3) is 0.417. The zero-order chi connectivity index (χ0) is 12.4. The maximum atomic E-state index is 11.9. The summed E-state index contributed by atoms with van der Waals surface area (Å²) < 4.78 is 5.52. The van der Waals surface area contributed by atoms with E-state index in [0.717, 1.165) is 5.69 Å². The van der Waals surface area contributed by atoms with E-state index in [0.29, 0.717) is 30.3 Å². The first-order valence-corrected chi connectivity index (χ1v) is 6.78. The molecule has 2 rings (SSSR count). The molecule has 1 aliphatic heterocycles. The van der Waals surface area contributed by atoms with Gasteiger partial charge < -0.3 is 9.64 Å². The Morgan fingerprint density at radius 2 is 2.35 bits per heavy atom. The number of carbonyl (C=O) groups excluding carboxylic acids is 1. The van der Waals surface area contributed by atoms with Gasteiger partial charge in [0.05, 0.1) is 12.3 Å². The molecule has 1 aliphatic rings. The second-order valence-corrected chi connectivity index (χ2v) is 5.58. The lowest BCUT2D eigenvalue weighted by molar-refractivity contribution is -0.117. The molecule has 92 valence electrons. The van der Waals surface area contributed by atoms with E-state index in [1.807, 2.05) is 6.92 Å². The summed E-state index contributed by atoms with van der Waals surface area (Å²) in [4.78, 5) is 13.8. The van der Waals surface area contributed by atoms with Gasteiger partial charge in [0.2, 0.25) is 5.91 Å². The number of hydrogen-bond donors (Lipinski definition) is 0. The quantitative estimate of drug-likeness (QED) is 0.801. The summed E-state index contributed by atoms with van der Waals surface area (Å²) in [5.74, 6) is 0.793. The highest BCUT2D eigenvalue weighted by Gasteiger charge is 2.30. The Labute approximate surface area is 114 Å². The Morgan fingerprint density at radius 3 is 2.94 bits per heavy atom. The Balaban J connectivity index is 2.35. The molecule has 3 nitrogen and oxygen atoms in total. The Bertz CT molecular complexity index is 439. The minimum Gasteiger partial charge on any atom is -0.492 e. The Kier molecular flexibility index (Phi) is 3.94. The number of rotatable bonds is 3. The van der Waals surface area contributed by atoms with Gasteiger partial charge in [-0.1, -0.05) is 27.5 Å². The van der Waals surface area contributed by atoms with Crippen molar-refractivity contribution in [2.45, 2.75) is 18.2 Å². The SMILES string of the molecule is CCOc1ccc(Cl)cc1N1CC(Br)CC1=O. The molecule has 1 atom stereocenters. The minimum atomic E-state index is 0.0927. The zero-order valence-electron chi connectivity index (χ0n) is 9.45. The standard InChI is InChI=1S/C12H13BrClNO2/c1-2-17-11-4-3-9(14)6-10(11)15-7-8(13)5-12(15)16/h3-4,6,8H,2,5,7H2,1H3. The minimum absolute atomic E-state index is 0.0927. The third-order valence-corrected chi connectivity index (χ3v) is 3.44. The molecule has 0 spiro atoms. The number of halogens is 2. The van der Waals surface area contributed by atoms with E-state index in [4.69, 9.17) is 16.3 Å². The van der Waals surface area contributed by atoms with E-state index in [9.17, 15) is 4.79 Å². The summed E-state index contributed by atoms with van der Waals surface area (Å²) in [5, 5.41) is 0.606. The van der Waals surface area contributed by atoms with E-state index in [1.54, 1.807) is 23.1 Å². The molecule has 0 aliphatic carbocycles. The predicted octanol–water partition coefficient (Wildman–Crippen LogP) is 3.24. The maximum Gasteiger partial charge on any atom is 0.228 e. The van der Waals surface area contributed by atoms with Gasteiger partial charge >= 0.3 is 0 Å². The number of ether oxygens (including phenoxy) is 1. The van der Waals surface area contributed by atoms with Crippen molar-refractivity contribution in [3.63, 3.8) is 0 Å². The van der Waals surface area contributed by atoms with Crippen LogP contribution in [0.5, 0.6) is 5.75 Å². The lowest BCUT2D eigenvalue weighted by Crippen LogP contribution is -2.25. The summed E-state index contributed by atoms with van der Waals surface area (Å²) in [5.41, 5.74) is 0.756. The largest absolute Gasteiger partial charge is 0.492 e. The molecular formula is C12H13BrClNO2. The van der Waals surface area contributed by atoms with Crippen LogP contribution in [0.15, 0.2) is 18.2 Å². The molecule has 1 heterocycles. The van der Waals surface area contributed by atoms with E-state index in [2.05, 4.69) is 15.9 Å². The highest BCUT2D eigenvalue weighted by atomic mass is 79.9. The smallest absolute Gasteiger partial charge is 0.228 e. The van der Waals surface area contributed by atoms with Crippen LogP contribution in [-0.2, 0) is 4.79 Å². The highest BCUT2D eigenvalue weighted by Crippen LogP contribution is 2.35. The van der Waals surface area contributed by atoms with Crippen molar-refractivity contribution in [2.24, 2.45) is 0 Å². The average Bonchev–Trinajstić information content (AvgIpc) is 2.61. The van der Waals surface area contributed by atoms with Crippen LogP contribution in [0.3, 0.4) is 0 Å². The van der Waals surface area contributed by atoms with Gasteiger partial charge in [0.25, 0.3) is 0 Å². The Hall–Kier alpha value is -0.740. The molecule has 1 fully saturated rings. The number of benzene rings is 1. The summed E-state index contributed by atoms with van der Waals surface area (Å²) >= 11 is 9.44. The molecule has 5 heteroatoms. The molecule has 0 bridgehead atoms. The predicted molar refractivity (Wildman–Crippen MR) is 72.3 cm³/mol. The topological polar surface area (TPSA) is 29.5 Å². The molecule has 0 saturated carbocycles. The van der Waals surface area contributed by atoms with Crippen molar-refractivity contribution < 1.29 is 9.53 Å². The Morgan fingerprint density at radius 1 is 1.59 bits per heavy atom. The van der Waals surface area contributed by atoms with E-state index >= 15 is 0 Å². The summed E-state index contributed by atoms with van der Waals surface area (Å²) in [7, 11) is 0. The molecule has 1 saturated heterocycles. The van der Waals surface area contributed by atoms with Gasteiger partial charge in [-0.2, -0.15) is 0 Å². The van der Waals surface area contributed by atoms with E-state index in [-0.39, 0.29) is 10.7 Å². The fourth-order valence-electron chi connectivity index (χ4n) is 1.88. The van der Waals surface area contributed by atoms with Gasteiger partial charge in [-0.15, -0.1) is 0 Å². The van der Waals surface area contributed by atoms with Gasteiger partial charge in [0.15, 0.2) is 0 Å². The van der Waals surface area contributed by atoms with Crippen molar-refractivity contribution >= 4 is 39.1 Å². The number of alkyl halides is 1. The molecule has 0 N–H and O–H groups in total. The third kappa shape index (κ3) is 2.75. The van der Waals surface area contributed by atoms with Crippen molar-refractivity contribution in [3.05, 3.63) is 23.2 Å². The summed E-state index contributed by atoms with van der Waals surface area (Å²) in [6.07, 6.45) is 0.512. The van der Waals surface area contributed by atoms with Gasteiger partial charge in [-0.05, 0) is 25.1 Å². The van der Waals surface area contributed by atoms with Crippen LogP contribution in [-0.4, -0.2) is 23.9 Å². The second kappa shape index (κ2) is 5.27. The van der Waals surface area contributed by atoms with Gasteiger partial charge in [0, 0.05) is 22.8 Å². The van der Waals surface area contributed by atoms with Crippen molar-refractivity contribution in [1.29, 1.82) is 0 Å². The van der Waals surface area contributed by atoms with E-state index < -0.39 is 0 Å².